The number of benzene rings is 1. The highest BCUT2D eigenvalue weighted by molar-refractivity contribution is 6.03. The largest absolute Gasteiger partial charge is 0.342 e. The van der Waals surface area contributed by atoms with Gasteiger partial charge in [-0.2, -0.15) is 0 Å². The van der Waals surface area contributed by atoms with Gasteiger partial charge in [-0.15, -0.1) is 0 Å². The van der Waals surface area contributed by atoms with Crippen molar-refractivity contribution in [2.45, 2.75) is 26.2 Å². The highest BCUT2D eigenvalue weighted by Crippen LogP contribution is 2.17. The number of carbonyl (C=O) groups is 2. The number of hydrogen-bond donors (Lipinski definition) is 1. The quantitative estimate of drug-likeness (QED) is 0.871. The van der Waals surface area contributed by atoms with Gasteiger partial charge in [0.25, 0.3) is 0 Å². The minimum atomic E-state index is -1.04. The first-order valence-electron chi connectivity index (χ1n) is 6.98. The summed E-state index contributed by atoms with van der Waals surface area (Å²) in [6.07, 6.45) is 1.60. The molecule has 1 heterocycles. The van der Waals surface area contributed by atoms with E-state index in [1.54, 1.807) is 4.90 Å². The van der Waals surface area contributed by atoms with E-state index < -0.39 is 17.5 Å². The van der Waals surface area contributed by atoms with Crippen LogP contribution in [0.25, 0.3) is 0 Å². The molecule has 0 aromatic heterocycles. The summed E-state index contributed by atoms with van der Waals surface area (Å²) in [5, 5.41) is 2.40. The van der Waals surface area contributed by atoms with Crippen LogP contribution >= 0.6 is 0 Å². The van der Waals surface area contributed by atoms with Crippen molar-refractivity contribution in [2.24, 2.45) is 5.92 Å². The second-order valence-corrected chi connectivity index (χ2v) is 5.42. The third-order valence-corrected chi connectivity index (χ3v) is 3.65. The van der Waals surface area contributed by atoms with Gasteiger partial charge in [0.05, 0.1) is 0 Å². The number of nitrogens with one attached hydrogen (secondary N) is 1. The molecule has 1 aromatic carbocycles. The van der Waals surface area contributed by atoms with Crippen LogP contribution in [0.2, 0.25) is 0 Å². The molecule has 1 N–H and O–H groups in total. The molecule has 4 nitrogen and oxygen atoms in total. The lowest BCUT2D eigenvalue weighted by Crippen LogP contribution is -2.39. The lowest BCUT2D eigenvalue weighted by molar-refractivity contribution is -0.135. The maximum atomic E-state index is 13.0. The van der Waals surface area contributed by atoms with Gasteiger partial charge in [0.15, 0.2) is 11.6 Å². The second-order valence-electron chi connectivity index (χ2n) is 5.42. The number of likely N-dealkylation sites (tertiary alicyclic amines) is 1. The van der Waals surface area contributed by atoms with E-state index in [0.29, 0.717) is 19.0 Å². The smallest absolute Gasteiger partial charge is 0.233 e. The molecule has 21 heavy (non-hydrogen) atoms. The molecule has 0 bridgehead atoms. The fourth-order valence-electron chi connectivity index (χ4n) is 2.29. The summed E-state index contributed by atoms with van der Waals surface area (Å²) in [7, 11) is 0. The van der Waals surface area contributed by atoms with Crippen molar-refractivity contribution in [3.05, 3.63) is 29.8 Å². The lowest BCUT2D eigenvalue weighted by atomic mass is 9.99. The van der Waals surface area contributed by atoms with Crippen LogP contribution in [0.3, 0.4) is 0 Å². The number of rotatable bonds is 3. The Morgan fingerprint density at radius 2 is 1.90 bits per heavy atom. The Bertz CT molecular complexity index is 540. The van der Waals surface area contributed by atoms with Crippen molar-refractivity contribution >= 4 is 17.5 Å². The number of nitrogens with zero attached hydrogens (tertiary/aromatic N) is 1. The van der Waals surface area contributed by atoms with Crippen LogP contribution in [0.4, 0.5) is 14.5 Å². The molecule has 0 atom stereocenters. The van der Waals surface area contributed by atoms with E-state index >= 15 is 0 Å². The first kappa shape index (κ1) is 15.4. The first-order chi connectivity index (χ1) is 9.95. The second kappa shape index (κ2) is 6.65. The standard InChI is InChI=1S/C15H18F2N2O2/c1-10-4-6-19(7-5-10)15(21)9-14(20)18-11-2-3-12(16)13(17)8-11/h2-3,8,10H,4-7,9H2,1H3,(H,18,20). The summed E-state index contributed by atoms with van der Waals surface area (Å²) < 4.78 is 25.8. The SMILES string of the molecule is CC1CCN(C(=O)CC(=O)Nc2ccc(F)c(F)c2)CC1. The number of halogens is 2. The maximum absolute atomic E-state index is 13.0. The van der Waals surface area contributed by atoms with E-state index in [9.17, 15) is 18.4 Å². The Labute approximate surface area is 122 Å². The van der Waals surface area contributed by atoms with Crippen molar-refractivity contribution in [2.75, 3.05) is 18.4 Å². The molecule has 2 rings (SSSR count). The van der Waals surface area contributed by atoms with Crippen molar-refractivity contribution in [1.29, 1.82) is 0 Å². The van der Waals surface area contributed by atoms with Crippen LogP contribution < -0.4 is 5.32 Å². The predicted molar refractivity (Wildman–Crippen MR) is 74.6 cm³/mol. The molecule has 0 saturated carbocycles. The summed E-state index contributed by atoms with van der Waals surface area (Å²) in [4.78, 5) is 25.4. The molecule has 1 fully saturated rings. The Kier molecular flexibility index (Phi) is 4.88. The van der Waals surface area contributed by atoms with Gasteiger partial charge in [0, 0.05) is 24.8 Å². The third kappa shape index (κ3) is 4.24. The molecule has 114 valence electrons. The molecule has 1 aliphatic rings. The van der Waals surface area contributed by atoms with E-state index in [0.717, 1.165) is 25.0 Å². The molecular weight excluding hydrogens is 278 g/mol. The number of hydrogen-bond acceptors (Lipinski definition) is 2. The first-order valence-corrected chi connectivity index (χ1v) is 6.98. The Morgan fingerprint density at radius 1 is 1.24 bits per heavy atom. The summed E-state index contributed by atoms with van der Waals surface area (Å²) in [6, 6.07) is 3.07. The molecule has 1 saturated heterocycles. The molecule has 2 amide bonds. The van der Waals surface area contributed by atoms with Gasteiger partial charge in [0.2, 0.25) is 11.8 Å². The molecule has 6 heteroatoms. The molecule has 1 aromatic rings. The van der Waals surface area contributed by atoms with Gasteiger partial charge in [0.1, 0.15) is 6.42 Å². The van der Waals surface area contributed by atoms with Gasteiger partial charge in [-0.05, 0) is 30.9 Å². The van der Waals surface area contributed by atoms with Crippen molar-refractivity contribution in [3.8, 4) is 0 Å². The van der Waals surface area contributed by atoms with E-state index in [-0.39, 0.29) is 18.0 Å². The topological polar surface area (TPSA) is 49.4 Å². The number of anilines is 1. The van der Waals surface area contributed by atoms with Crippen molar-refractivity contribution in [1.82, 2.24) is 4.90 Å². The van der Waals surface area contributed by atoms with Gasteiger partial charge < -0.3 is 10.2 Å². The molecule has 1 aliphatic heterocycles. The average Bonchev–Trinajstić information content (AvgIpc) is 2.43. The third-order valence-electron chi connectivity index (χ3n) is 3.65. The Hall–Kier alpha value is -1.98. The van der Waals surface area contributed by atoms with Crippen LogP contribution in [-0.2, 0) is 9.59 Å². The van der Waals surface area contributed by atoms with E-state index in [1.165, 1.54) is 6.07 Å². The fourth-order valence-corrected chi connectivity index (χ4v) is 2.29. The minimum absolute atomic E-state index is 0.138. The average molecular weight is 296 g/mol. The van der Waals surface area contributed by atoms with Gasteiger partial charge in [-0.3, -0.25) is 9.59 Å². The highest BCUT2D eigenvalue weighted by Gasteiger charge is 2.22. The van der Waals surface area contributed by atoms with Crippen LogP contribution in [0.15, 0.2) is 18.2 Å². The van der Waals surface area contributed by atoms with Gasteiger partial charge >= 0.3 is 0 Å². The predicted octanol–water partition coefficient (Wildman–Crippen LogP) is 2.55. The number of amides is 2. The molecule has 0 spiro atoms. The zero-order valence-electron chi connectivity index (χ0n) is 11.9. The zero-order chi connectivity index (χ0) is 15.4. The highest BCUT2D eigenvalue weighted by atomic mass is 19.2. The van der Waals surface area contributed by atoms with Crippen molar-refractivity contribution in [3.63, 3.8) is 0 Å². The normalized spacial score (nSPS) is 15.9. The number of carbonyl (C=O) groups excluding carboxylic acids is 2. The van der Waals surface area contributed by atoms with Crippen LogP contribution in [0.1, 0.15) is 26.2 Å². The molecule has 0 aliphatic carbocycles. The lowest BCUT2D eigenvalue weighted by Gasteiger charge is -2.30. The summed E-state index contributed by atoms with van der Waals surface area (Å²) >= 11 is 0. The van der Waals surface area contributed by atoms with Crippen LogP contribution in [0.5, 0.6) is 0 Å². The van der Waals surface area contributed by atoms with Crippen LogP contribution in [-0.4, -0.2) is 29.8 Å². The summed E-state index contributed by atoms with van der Waals surface area (Å²) in [5.41, 5.74) is 0.138. The summed E-state index contributed by atoms with van der Waals surface area (Å²) in [5.74, 6) is -2.17. The molecular formula is C15H18F2N2O2. The Morgan fingerprint density at radius 3 is 2.52 bits per heavy atom. The minimum Gasteiger partial charge on any atom is -0.342 e. The number of piperidine rings is 1. The van der Waals surface area contributed by atoms with E-state index in [1.807, 2.05) is 0 Å². The fraction of sp³-hybridized carbons (Fsp3) is 0.467. The van der Waals surface area contributed by atoms with E-state index in [4.69, 9.17) is 0 Å². The zero-order valence-corrected chi connectivity index (χ0v) is 11.9. The summed E-state index contributed by atoms with van der Waals surface area (Å²) in [6.45, 7) is 3.47. The van der Waals surface area contributed by atoms with Gasteiger partial charge in [-0.1, -0.05) is 6.92 Å². The molecule has 0 radical (unpaired) electrons. The monoisotopic (exact) mass is 296 g/mol. The van der Waals surface area contributed by atoms with Crippen LogP contribution in [0, 0.1) is 17.6 Å². The van der Waals surface area contributed by atoms with E-state index in [2.05, 4.69) is 12.2 Å². The Balaban J connectivity index is 1.86. The van der Waals surface area contributed by atoms with Crippen molar-refractivity contribution < 1.29 is 18.4 Å². The maximum Gasteiger partial charge on any atom is 0.233 e. The van der Waals surface area contributed by atoms with Gasteiger partial charge in [-0.25, -0.2) is 8.78 Å². The molecule has 0 unspecified atom stereocenters.